The van der Waals surface area contributed by atoms with E-state index in [1.165, 1.54) is 0 Å². The zero-order valence-corrected chi connectivity index (χ0v) is 18.0. The monoisotopic (exact) mass is 414 g/mol. The molecule has 0 bridgehead atoms. The second-order valence-electron chi connectivity index (χ2n) is 6.71. The summed E-state index contributed by atoms with van der Waals surface area (Å²) in [5, 5.41) is 5.94. The van der Waals surface area contributed by atoms with Crippen molar-refractivity contribution in [2.45, 2.75) is 46.0 Å². The molecule has 2 aromatic rings. The van der Waals surface area contributed by atoms with Crippen molar-refractivity contribution in [2.24, 2.45) is 0 Å². The van der Waals surface area contributed by atoms with Gasteiger partial charge in [0.25, 0.3) is 5.91 Å². The molecular formula is C23H30N2O3S. The summed E-state index contributed by atoms with van der Waals surface area (Å²) in [5.41, 5.74) is 1.31. The van der Waals surface area contributed by atoms with Crippen molar-refractivity contribution in [3.8, 4) is 11.5 Å². The minimum atomic E-state index is -0.264. The fraction of sp³-hybridized carbons (Fsp3) is 0.391. The first-order chi connectivity index (χ1) is 14.1. The number of unbranched alkanes of at least 4 members (excludes halogenated alkanes) is 3. The molecule has 0 aliphatic heterocycles. The highest BCUT2D eigenvalue weighted by Gasteiger charge is 2.08. The predicted molar refractivity (Wildman–Crippen MR) is 122 cm³/mol. The Kier molecular flexibility index (Phi) is 10.00. The van der Waals surface area contributed by atoms with Crippen LogP contribution in [0.2, 0.25) is 0 Å². The number of nitrogens with one attached hydrogen (secondary N) is 2. The van der Waals surface area contributed by atoms with E-state index in [1.807, 2.05) is 24.3 Å². The number of benzene rings is 2. The fourth-order valence-electron chi connectivity index (χ4n) is 2.55. The zero-order chi connectivity index (χ0) is 20.9. The van der Waals surface area contributed by atoms with Crippen molar-refractivity contribution in [1.82, 2.24) is 5.32 Å². The Balaban J connectivity index is 1.78. The lowest BCUT2D eigenvalue weighted by atomic mass is 10.2. The normalized spacial score (nSPS) is 10.3. The molecule has 29 heavy (non-hydrogen) atoms. The summed E-state index contributed by atoms with van der Waals surface area (Å²) in [7, 11) is 0. The molecule has 156 valence electrons. The third-order valence-electron chi connectivity index (χ3n) is 4.24. The Hall–Kier alpha value is -2.60. The molecule has 0 saturated carbocycles. The van der Waals surface area contributed by atoms with Gasteiger partial charge < -0.3 is 14.8 Å². The van der Waals surface area contributed by atoms with Crippen LogP contribution < -0.4 is 20.1 Å². The molecule has 0 atom stereocenters. The number of hydrogen-bond donors (Lipinski definition) is 2. The average molecular weight is 415 g/mol. The van der Waals surface area contributed by atoms with Crippen LogP contribution >= 0.6 is 12.2 Å². The highest BCUT2D eigenvalue weighted by atomic mass is 32.1. The molecule has 0 heterocycles. The van der Waals surface area contributed by atoms with Gasteiger partial charge in [0.15, 0.2) is 5.11 Å². The van der Waals surface area contributed by atoms with Gasteiger partial charge in [0, 0.05) is 11.3 Å². The summed E-state index contributed by atoms with van der Waals surface area (Å²) >= 11 is 5.24. The lowest BCUT2D eigenvalue weighted by Gasteiger charge is -2.11. The van der Waals surface area contributed by atoms with Gasteiger partial charge in [-0.05, 0) is 73.6 Å². The van der Waals surface area contributed by atoms with Gasteiger partial charge in [0.1, 0.15) is 11.5 Å². The van der Waals surface area contributed by atoms with Gasteiger partial charge in [-0.25, -0.2) is 0 Å². The number of ether oxygens (including phenoxy) is 2. The Morgan fingerprint density at radius 2 is 1.38 bits per heavy atom. The molecule has 0 aliphatic rings. The minimum Gasteiger partial charge on any atom is -0.494 e. The number of carbonyl (C=O) groups is 1. The molecule has 1 amide bonds. The summed E-state index contributed by atoms with van der Waals surface area (Å²) in [5.74, 6) is 1.31. The van der Waals surface area contributed by atoms with Gasteiger partial charge in [-0.1, -0.05) is 33.1 Å². The maximum absolute atomic E-state index is 12.4. The van der Waals surface area contributed by atoms with Gasteiger partial charge in [-0.3, -0.25) is 10.1 Å². The number of rotatable bonds is 11. The van der Waals surface area contributed by atoms with Gasteiger partial charge in [-0.15, -0.1) is 0 Å². The molecule has 0 aliphatic carbocycles. The first-order valence-electron chi connectivity index (χ1n) is 10.2. The van der Waals surface area contributed by atoms with Crippen LogP contribution in [0.25, 0.3) is 0 Å². The van der Waals surface area contributed by atoms with Crippen molar-refractivity contribution in [2.75, 3.05) is 18.5 Å². The van der Waals surface area contributed by atoms with Crippen LogP contribution in [0.4, 0.5) is 5.69 Å². The Morgan fingerprint density at radius 3 is 1.97 bits per heavy atom. The minimum absolute atomic E-state index is 0.245. The second-order valence-corrected chi connectivity index (χ2v) is 7.12. The van der Waals surface area contributed by atoms with Crippen molar-refractivity contribution in [1.29, 1.82) is 0 Å². The SMILES string of the molecule is CCCCCOc1ccc(C(=O)NC(=S)Nc2ccc(OCCCC)cc2)cc1. The van der Waals surface area contributed by atoms with E-state index in [4.69, 9.17) is 21.7 Å². The molecule has 5 nitrogen and oxygen atoms in total. The molecule has 6 heteroatoms. The van der Waals surface area contributed by atoms with Crippen LogP contribution in [-0.2, 0) is 0 Å². The average Bonchev–Trinajstić information content (AvgIpc) is 2.73. The Labute approximate surface area is 178 Å². The number of hydrogen-bond acceptors (Lipinski definition) is 4. The van der Waals surface area contributed by atoms with E-state index in [1.54, 1.807) is 24.3 Å². The quantitative estimate of drug-likeness (QED) is 0.372. The lowest BCUT2D eigenvalue weighted by molar-refractivity contribution is 0.0977. The lowest BCUT2D eigenvalue weighted by Crippen LogP contribution is -2.34. The molecule has 0 spiro atoms. The number of anilines is 1. The van der Waals surface area contributed by atoms with Gasteiger partial charge in [0.05, 0.1) is 13.2 Å². The van der Waals surface area contributed by atoms with Gasteiger partial charge in [-0.2, -0.15) is 0 Å². The molecule has 0 saturated heterocycles. The second kappa shape index (κ2) is 12.8. The molecule has 2 N–H and O–H groups in total. The van der Waals surface area contributed by atoms with E-state index >= 15 is 0 Å². The van der Waals surface area contributed by atoms with Crippen molar-refractivity contribution in [3.63, 3.8) is 0 Å². The third kappa shape index (κ3) is 8.52. The van der Waals surface area contributed by atoms with E-state index in [2.05, 4.69) is 24.5 Å². The standard InChI is InChI=1S/C23H30N2O3S/c1-3-5-7-17-28-20-12-8-18(9-13-20)22(26)25-23(29)24-19-10-14-21(15-11-19)27-16-6-4-2/h8-15H,3-7,16-17H2,1-2H3,(H2,24,25,26,29). The van der Waals surface area contributed by atoms with E-state index in [9.17, 15) is 4.79 Å². The maximum atomic E-state index is 12.4. The molecule has 2 aromatic carbocycles. The van der Waals surface area contributed by atoms with E-state index in [0.29, 0.717) is 18.8 Å². The summed E-state index contributed by atoms with van der Waals surface area (Å²) in [6, 6.07) is 14.5. The highest BCUT2D eigenvalue weighted by Crippen LogP contribution is 2.16. The van der Waals surface area contributed by atoms with Crippen LogP contribution in [0.3, 0.4) is 0 Å². The fourth-order valence-corrected chi connectivity index (χ4v) is 2.76. The molecule has 0 radical (unpaired) electrons. The summed E-state index contributed by atoms with van der Waals surface area (Å²) in [6.45, 7) is 5.68. The zero-order valence-electron chi connectivity index (χ0n) is 17.2. The summed E-state index contributed by atoms with van der Waals surface area (Å²) in [4.78, 5) is 12.4. The van der Waals surface area contributed by atoms with Crippen molar-refractivity contribution in [3.05, 3.63) is 54.1 Å². The molecule has 0 fully saturated rings. The first kappa shape index (κ1) is 22.7. The third-order valence-corrected chi connectivity index (χ3v) is 4.44. The largest absolute Gasteiger partial charge is 0.494 e. The Morgan fingerprint density at radius 1 is 0.828 bits per heavy atom. The van der Waals surface area contributed by atoms with Crippen LogP contribution in [-0.4, -0.2) is 24.2 Å². The Bertz CT molecular complexity index is 761. The molecule has 0 unspecified atom stereocenters. The number of thiocarbonyl (C=S) groups is 1. The maximum Gasteiger partial charge on any atom is 0.257 e. The number of carbonyl (C=O) groups excluding carboxylic acids is 1. The first-order valence-corrected chi connectivity index (χ1v) is 10.6. The van der Waals surface area contributed by atoms with Gasteiger partial charge in [0.2, 0.25) is 0 Å². The van der Waals surface area contributed by atoms with Crippen LogP contribution in [0.5, 0.6) is 11.5 Å². The highest BCUT2D eigenvalue weighted by molar-refractivity contribution is 7.80. The van der Waals surface area contributed by atoms with Crippen LogP contribution in [0.1, 0.15) is 56.3 Å². The number of amides is 1. The molecule has 2 rings (SSSR count). The van der Waals surface area contributed by atoms with Crippen LogP contribution in [0, 0.1) is 0 Å². The van der Waals surface area contributed by atoms with Gasteiger partial charge >= 0.3 is 0 Å². The molecule has 0 aromatic heterocycles. The summed E-state index contributed by atoms with van der Waals surface area (Å²) < 4.78 is 11.3. The smallest absolute Gasteiger partial charge is 0.257 e. The summed E-state index contributed by atoms with van der Waals surface area (Å²) in [6.07, 6.45) is 5.47. The predicted octanol–water partition coefficient (Wildman–Crippen LogP) is 5.56. The van der Waals surface area contributed by atoms with E-state index in [0.717, 1.165) is 49.3 Å². The van der Waals surface area contributed by atoms with E-state index in [-0.39, 0.29) is 11.0 Å². The topological polar surface area (TPSA) is 59.6 Å². The van der Waals surface area contributed by atoms with Crippen molar-refractivity contribution >= 4 is 28.9 Å². The van der Waals surface area contributed by atoms with E-state index < -0.39 is 0 Å². The van der Waals surface area contributed by atoms with Crippen molar-refractivity contribution < 1.29 is 14.3 Å². The molecular weight excluding hydrogens is 384 g/mol. The van der Waals surface area contributed by atoms with Crippen LogP contribution in [0.15, 0.2) is 48.5 Å².